The predicted molar refractivity (Wildman–Crippen MR) is 112 cm³/mol. The third-order valence-corrected chi connectivity index (χ3v) is 7.73. The summed E-state index contributed by atoms with van der Waals surface area (Å²) in [5, 5.41) is 9.40. The summed E-state index contributed by atoms with van der Waals surface area (Å²) in [7, 11) is 0. The Morgan fingerprint density at radius 1 is 1.20 bits per heavy atom. The summed E-state index contributed by atoms with van der Waals surface area (Å²) in [4.78, 5) is 32.3. The highest BCUT2D eigenvalue weighted by Crippen LogP contribution is 2.48. The van der Waals surface area contributed by atoms with E-state index in [2.05, 4.69) is 54.0 Å². The number of nitriles is 1. The molecule has 1 aromatic rings. The van der Waals surface area contributed by atoms with Crippen LogP contribution < -0.4 is 0 Å². The van der Waals surface area contributed by atoms with Crippen LogP contribution in [0.2, 0.25) is 0 Å². The minimum absolute atomic E-state index is 0.0714. The molecule has 158 valence electrons. The van der Waals surface area contributed by atoms with Gasteiger partial charge in [-0.3, -0.25) is 14.5 Å². The van der Waals surface area contributed by atoms with E-state index >= 15 is 0 Å². The highest BCUT2D eigenvalue weighted by atomic mass is 16.2. The molecule has 0 spiro atoms. The summed E-state index contributed by atoms with van der Waals surface area (Å²) in [6.45, 7) is 7.57. The summed E-state index contributed by atoms with van der Waals surface area (Å²) < 4.78 is 0. The van der Waals surface area contributed by atoms with Gasteiger partial charge >= 0.3 is 0 Å². The first-order valence-corrected chi connectivity index (χ1v) is 11.2. The summed E-state index contributed by atoms with van der Waals surface area (Å²) in [5.41, 5.74) is 2.39. The van der Waals surface area contributed by atoms with Crippen molar-refractivity contribution in [3.05, 3.63) is 35.4 Å². The fourth-order valence-corrected chi connectivity index (χ4v) is 5.98. The topological polar surface area (TPSA) is 67.7 Å². The van der Waals surface area contributed by atoms with Crippen LogP contribution in [0.25, 0.3) is 0 Å². The van der Waals surface area contributed by atoms with E-state index in [9.17, 15) is 14.9 Å². The number of carbonyl (C=O) groups excluding carboxylic acids is 2. The molecule has 1 aliphatic carbocycles. The Morgan fingerprint density at radius 2 is 1.93 bits per heavy atom. The zero-order valence-electron chi connectivity index (χ0n) is 18.0. The summed E-state index contributed by atoms with van der Waals surface area (Å²) in [6, 6.07) is 10.9. The van der Waals surface area contributed by atoms with Crippen LogP contribution in [0.5, 0.6) is 0 Å². The molecule has 1 saturated carbocycles. The maximum atomic E-state index is 13.2. The molecule has 4 fully saturated rings. The molecule has 2 bridgehead atoms. The van der Waals surface area contributed by atoms with Crippen molar-refractivity contribution in [1.82, 2.24) is 14.7 Å². The van der Waals surface area contributed by atoms with Crippen LogP contribution in [-0.4, -0.2) is 63.8 Å². The highest BCUT2D eigenvalue weighted by molar-refractivity contribution is 5.86. The maximum absolute atomic E-state index is 13.2. The number of amides is 2. The molecule has 0 aromatic heterocycles. The third kappa shape index (κ3) is 3.02. The van der Waals surface area contributed by atoms with Crippen molar-refractivity contribution in [2.75, 3.05) is 13.1 Å². The van der Waals surface area contributed by atoms with Crippen molar-refractivity contribution in [2.45, 2.75) is 70.2 Å². The van der Waals surface area contributed by atoms with Gasteiger partial charge in [-0.25, -0.2) is 0 Å². The number of likely N-dealkylation sites (tertiary alicyclic amines) is 3. The highest BCUT2D eigenvalue weighted by Gasteiger charge is 2.55. The molecule has 7 atom stereocenters. The molecule has 3 heterocycles. The number of benzene rings is 1. The van der Waals surface area contributed by atoms with Crippen LogP contribution in [0, 0.1) is 30.1 Å². The molecule has 6 heteroatoms. The molecular weight excluding hydrogens is 376 g/mol. The van der Waals surface area contributed by atoms with Crippen LogP contribution in [0.3, 0.4) is 0 Å². The number of aryl methyl sites for hydroxylation is 1. The summed E-state index contributed by atoms with van der Waals surface area (Å²) in [5.74, 6) is 0.631. The number of piperazine rings is 1. The molecule has 2 unspecified atom stereocenters. The summed E-state index contributed by atoms with van der Waals surface area (Å²) in [6.07, 6.45) is 2.74. The Hall–Kier alpha value is -2.39. The lowest BCUT2D eigenvalue weighted by molar-refractivity contribution is -0.142. The molecule has 3 saturated heterocycles. The number of hydrogen-bond acceptors (Lipinski definition) is 4. The Kier molecular flexibility index (Phi) is 4.62. The number of nitrogens with zero attached hydrogens (tertiary/aromatic N) is 4. The molecule has 0 radical (unpaired) electrons. The largest absolute Gasteiger partial charge is 0.330 e. The molecule has 6 nitrogen and oxygen atoms in total. The Balaban J connectivity index is 1.23. The first-order chi connectivity index (χ1) is 14.4. The second kappa shape index (κ2) is 7.09. The molecule has 30 heavy (non-hydrogen) atoms. The van der Waals surface area contributed by atoms with E-state index in [1.54, 1.807) is 0 Å². The van der Waals surface area contributed by atoms with E-state index in [1.165, 1.54) is 11.1 Å². The second-order valence-corrected chi connectivity index (χ2v) is 9.78. The fourth-order valence-electron chi connectivity index (χ4n) is 5.98. The first-order valence-electron chi connectivity index (χ1n) is 11.2. The van der Waals surface area contributed by atoms with E-state index in [-0.39, 0.29) is 47.9 Å². The van der Waals surface area contributed by atoms with Gasteiger partial charge in [0.15, 0.2) is 0 Å². The number of carbonyl (C=O) groups is 2. The predicted octanol–water partition coefficient (Wildman–Crippen LogP) is 2.49. The van der Waals surface area contributed by atoms with Gasteiger partial charge in [0.1, 0.15) is 6.04 Å². The van der Waals surface area contributed by atoms with Gasteiger partial charge in [-0.1, -0.05) is 36.8 Å². The van der Waals surface area contributed by atoms with Crippen LogP contribution in [0.1, 0.15) is 50.3 Å². The molecule has 3 aliphatic heterocycles. The lowest BCUT2D eigenvalue weighted by Gasteiger charge is -2.38. The van der Waals surface area contributed by atoms with Crippen molar-refractivity contribution in [1.29, 1.82) is 5.26 Å². The average Bonchev–Trinajstić information content (AvgIpc) is 3.07. The molecule has 2 amide bonds. The Bertz CT molecular complexity index is 907. The molecular formula is C24H30N4O2. The third-order valence-electron chi connectivity index (χ3n) is 7.73. The van der Waals surface area contributed by atoms with Gasteiger partial charge in [0.2, 0.25) is 11.8 Å². The second-order valence-electron chi connectivity index (χ2n) is 9.78. The van der Waals surface area contributed by atoms with Gasteiger partial charge in [-0.2, -0.15) is 5.26 Å². The standard InChI is InChI=1S/C24H30N4O2/c1-14-4-6-17(7-5-14)16(3)27-20-10-22(24(27)30)26(13-20)12-15(2)23(29)28-19(11-25)8-18-9-21(18)28/h4-7,15-16,18-22H,8-10,12-13H2,1-3H3/t15-,16+,18+,19-,20?,21?,22+/m0/s1. The van der Waals surface area contributed by atoms with Crippen molar-refractivity contribution in [3.8, 4) is 6.07 Å². The molecule has 4 aliphatic rings. The lowest BCUT2D eigenvalue weighted by Crippen LogP contribution is -2.53. The fraction of sp³-hybridized carbons (Fsp3) is 0.625. The molecule has 0 N–H and O–H groups in total. The van der Waals surface area contributed by atoms with Gasteiger partial charge < -0.3 is 9.80 Å². The van der Waals surface area contributed by atoms with E-state index in [0.29, 0.717) is 12.5 Å². The van der Waals surface area contributed by atoms with Crippen LogP contribution in [0.4, 0.5) is 0 Å². The number of hydrogen-bond donors (Lipinski definition) is 0. The normalized spacial score (nSPS) is 34.1. The monoisotopic (exact) mass is 406 g/mol. The van der Waals surface area contributed by atoms with Crippen molar-refractivity contribution >= 4 is 11.8 Å². The summed E-state index contributed by atoms with van der Waals surface area (Å²) >= 11 is 0. The molecule has 1 aromatic carbocycles. The van der Waals surface area contributed by atoms with Gasteiger partial charge in [0, 0.05) is 31.1 Å². The quantitative estimate of drug-likeness (QED) is 0.754. The number of fused-ring (bicyclic) bond motifs is 3. The number of piperidine rings is 1. The van der Waals surface area contributed by atoms with E-state index in [0.717, 1.165) is 25.8 Å². The van der Waals surface area contributed by atoms with Crippen LogP contribution >= 0.6 is 0 Å². The van der Waals surface area contributed by atoms with E-state index in [4.69, 9.17) is 0 Å². The SMILES string of the molecule is Cc1ccc([C@@H](C)N2C(=O)[C@H]3CC2CN3C[C@H](C)C(=O)N2C3C[C@H]3C[C@H]2C#N)cc1. The Morgan fingerprint density at radius 3 is 2.60 bits per heavy atom. The first kappa shape index (κ1) is 19.6. The van der Waals surface area contributed by atoms with Crippen molar-refractivity contribution in [3.63, 3.8) is 0 Å². The minimum atomic E-state index is -0.258. The smallest absolute Gasteiger partial charge is 0.240 e. The van der Waals surface area contributed by atoms with Crippen LogP contribution in [0.15, 0.2) is 24.3 Å². The van der Waals surface area contributed by atoms with Crippen LogP contribution in [-0.2, 0) is 9.59 Å². The average molecular weight is 407 g/mol. The van der Waals surface area contributed by atoms with Gasteiger partial charge in [-0.05, 0) is 44.6 Å². The molecule has 5 rings (SSSR count). The number of rotatable bonds is 5. The Labute approximate surface area is 178 Å². The van der Waals surface area contributed by atoms with Gasteiger partial charge in [0.25, 0.3) is 0 Å². The van der Waals surface area contributed by atoms with E-state index in [1.807, 2.05) is 11.8 Å². The van der Waals surface area contributed by atoms with Gasteiger partial charge in [-0.15, -0.1) is 0 Å². The van der Waals surface area contributed by atoms with Crippen molar-refractivity contribution in [2.24, 2.45) is 11.8 Å². The van der Waals surface area contributed by atoms with E-state index < -0.39 is 0 Å². The lowest BCUT2D eigenvalue weighted by atomic mass is 10.0. The maximum Gasteiger partial charge on any atom is 0.240 e. The van der Waals surface area contributed by atoms with Gasteiger partial charge in [0.05, 0.1) is 18.2 Å². The van der Waals surface area contributed by atoms with Crippen molar-refractivity contribution < 1.29 is 9.59 Å². The zero-order valence-corrected chi connectivity index (χ0v) is 18.0. The minimum Gasteiger partial charge on any atom is -0.330 e. The zero-order chi connectivity index (χ0) is 21.2.